The Bertz CT molecular complexity index is 870. The van der Waals surface area contributed by atoms with Crippen molar-refractivity contribution in [2.75, 3.05) is 0 Å². The van der Waals surface area contributed by atoms with E-state index in [4.69, 9.17) is 23.2 Å². The number of nitrogens with one attached hydrogen (secondary N) is 1. The van der Waals surface area contributed by atoms with Crippen molar-refractivity contribution in [3.63, 3.8) is 0 Å². The van der Waals surface area contributed by atoms with Gasteiger partial charge in [0, 0.05) is 21.3 Å². The molecule has 6 heteroatoms. The monoisotopic (exact) mass is 338 g/mol. The van der Waals surface area contributed by atoms with E-state index in [-0.39, 0.29) is 5.56 Å². The second kappa shape index (κ2) is 5.79. The summed E-state index contributed by atoms with van der Waals surface area (Å²) < 4.78 is 0. The Kier molecular flexibility index (Phi) is 4.02. The van der Waals surface area contributed by atoms with Crippen molar-refractivity contribution < 1.29 is 0 Å². The van der Waals surface area contributed by atoms with Crippen molar-refractivity contribution >= 4 is 44.8 Å². The SMILES string of the molecule is CCc1cc2c(=O)[nH]c(Cc3ccc(Cl)cc3Cl)nc2s1. The molecular weight excluding hydrogens is 327 g/mol. The van der Waals surface area contributed by atoms with Gasteiger partial charge in [-0.3, -0.25) is 4.79 Å². The number of nitrogens with zero attached hydrogens (tertiary/aromatic N) is 1. The van der Waals surface area contributed by atoms with Gasteiger partial charge in [0.05, 0.1) is 5.39 Å². The lowest BCUT2D eigenvalue weighted by molar-refractivity contribution is 0.977. The number of aryl methyl sites for hydroxylation is 1. The van der Waals surface area contributed by atoms with Crippen LogP contribution >= 0.6 is 34.5 Å². The minimum atomic E-state index is -0.101. The molecule has 1 N–H and O–H groups in total. The van der Waals surface area contributed by atoms with Crippen LogP contribution < -0.4 is 5.56 Å². The number of benzene rings is 1. The summed E-state index contributed by atoms with van der Waals surface area (Å²) in [5, 5.41) is 1.82. The van der Waals surface area contributed by atoms with E-state index in [2.05, 4.69) is 16.9 Å². The number of thiophene rings is 1. The van der Waals surface area contributed by atoms with Gasteiger partial charge in [0.25, 0.3) is 5.56 Å². The highest BCUT2D eigenvalue weighted by molar-refractivity contribution is 7.18. The Hall–Kier alpha value is -1.36. The number of aromatic amines is 1. The molecule has 1 aromatic carbocycles. The first-order valence-electron chi connectivity index (χ1n) is 6.52. The third-order valence-corrected chi connectivity index (χ3v) is 4.98. The van der Waals surface area contributed by atoms with Crippen LogP contribution in [0.5, 0.6) is 0 Å². The number of fused-ring (bicyclic) bond motifs is 1. The molecule has 108 valence electrons. The van der Waals surface area contributed by atoms with E-state index >= 15 is 0 Å². The van der Waals surface area contributed by atoms with Gasteiger partial charge in [0.1, 0.15) is 10.7 Å². The second-order valence-corrected chi connectivity index (χ2v) is 6.67. The van der Waals surface area contributed by atoms with Gasteiger partial charge in [-0.1, -0.05) is 36.2 Å². The van der Waals surface area contributed by atoms with Gasteiger partial charge in [-0.15, -0.1) is 11.3 Å². The molecule has 0 aliphatic rings. The average molecular weight is 339 g/mol. The average Bonchev–Trinajstić information content (AvgIpc) is 2.86. The molecule has 3 rings (SSSR count). The second-order valence-electron chi connectivity index (χ2n) is 4.71. The molecule has 2 heterocycles. The highest BCUT2D eigenvalue weighted by Crippen LogP contribution is 2.24. The maximum Gasteiger partial charge on any atom is 0.259 e. The Labute approximate surface area is 135 Å². The molecule has 0 fully saturated rings. The molecule has 0 radical (unpaired) electrons. The zero-order chi connectivity index (χ0) is 15.0. The van der Waals surface area contributed by atoms with Gasteiger partial charge in [-0.2, -0.15) is 0 Å². The number of H-pyrrole nitrogens is 1. The van der Waals surface area contributed by atoms with Crippen molar-refractivity contribution in [1.29, 1.82) is 0 Å². The molecular formula is C15H12Cl2N2OS. The third kappa shape index (κ3) is 2.98. The molecule has 21 heavy (non-hydrogen) atoms. The van der Waals surface area contributed by atoms with Crippen molar-refractivity contribution in [1.82, 2.24) is 9.97 Å². The van der Waals surface area contributed by atoms with Crippen molar-refractivity contribution in [3.8, 4) is 0 Å². The van der Waals surface area contributed by atoms with E-state index in [0.29, 0.717) is 27.7 Å². The fraction of sp³-hybridized carbons (Fsp3) is 0.200. The van der Waals surface area contributed by atoms with Crippen LogP contribution in [0.2, 0.25) is 10.0 Å². The van der Waals surface area contributed by atoms with E-state index in [1.165, 1.54) is 0 Å². The van der Waals surface area contributed by atoms with Gasteiger partial charge in [-0.25, -0.2) is 4.98 Å². The summed E-state index contributed by atoms with van der Waals surface area (Å²) in [5.41, 5.74) is 0.784. The van der Waals surface area contributed by atoms with E-state index in [9.17, 15) is 4.79 Å². The lowest BCUT2D eigenvalue weighted by atomic mass is 10.1. The number of rotatable bonds is 3. The smallest absolute Gasteiger partial charge is 0.259 e. The molecule has 0 unspecified atom stereocenters. The zero-order valence-corrected chi connectivity index (χ0v) is 13.6. The van der Waals surface area contributed by atoms with Crippen LogP contribution in [0.1, 0.15) is 23.2 Å². The lowest BCUT2D eigenvalue weighted by Gasteiger charge is -2.04. The number of hydrogen-bond acceptors (Lipinski definition) is 3. The van der Waals surface area contributed by atoms with E-state index in [1.807, 2.05) is 12.1 Å². The van der Waals surface area contributed by atoms with E-state index < -0.39 is 0 Å². The summed E-state index contributed by atoms with van der Waals surface area (Å²) in [5.74, 6) is 0.612. The maximum atomic E-state index is 12.1. The molecule has 0 amide bonds. The van der Waals surface area contributed by atoms with Crippen LogP contribution in [0, 0.1) is 0 Å². The lowest BCUT2D eigenvalue weighted by Crippen LogP contribution is -2.11. The van der Waals surface area contributed by atoms with Crippen LogP contribution in [0.4, 0.5) is 0 Å². The Morgan fingerprint density at radius 2 is 2.10 bits per heavy atom. The fourth-order valence-corrected chi connectivity index (χ4v) is 3.59. The Morgan fingerprint density at radius 1 is 1.29 bits per heavy atom. The predicted octanol–water partition coefficient (Wildman–Crippen LogP) is 4.44. The number of hydrogen-bond donors (Lipinski definition) is 1. The minimum absolute atomic E-state index is 0.101. The van der Waals surface area contributed by atoms with Gasteiger partial charge in [0.15, 0.2) is 0 Å². The van der Waals surface area contributed by atoms with Crippen LogP contribution in [0.25, 0.3) is 10.2 Å². The normalized spacial score (nSPS) is 11.2. The van der Waals surface area contributed by atoms with Crippen molar-refractivity contribution in [2.24, 2.45) is 0 Å². The molecule has 0 atom stereocenters. The Balaban J connectivity index is 2.02. The molecule has 3 nitrogen and oxygen atoms in total. The molecule has 0 aliphatic heterocycles. The summed E-state index contributed by atoms with van der Waals surface area (Å²) in [6.45, 7) is 2.06. The van der Waals surface area contributed by atoms with Gasteiger partial charge >= 0.3 is 0 Å². The molecule has 0 spiro atoms. The summed E-state index contributed by atoms with van der Waals surface area (Å²) in [4.78, 5) is 21.4. The molecule has 0 bridgehead atoms. The largest absolute Gasteiger partial charge is 0.310 e. The molecule has 0 saturated carbocycles. The third-order valence-electron chi connectivity index (χ3n) is 3.22. The fourth-order valence-electron chi connectivity index (χ4n) is 2.13. The summed E-state index contributed by atoms with van der Waals surface area (Å²) in [6, 6.07) is 7.22. The summed E-state index contributed by atoms with van der Waals surface area (Å²) >= 11 is 13.6. The van der Waals surface area contributed by atoms with Crippen molar-refractivity contribution in [3.05, 3.63) is 60.9 Å². The van der Waals surface area contributed by atoms with Crippen molar-refractivity contribution in [2.45, 2.75) is 19.8 Å². The van der Waals surface area contributed by atoms with Crippen LogP contribution in [0.15, 0.2) is 29.1 Å². The van der Waals surface area contributed by atoms with Gasteiger partial charge < -0.3 is 4.98 Å². The van der Waals surface area contributed by atoms with E-state index in [1.54, 1.807) is 23.5 Å². The minimum Gasteiger partial charge on any atom is -0.310 e. The molecule has 3 aromatic rings. The summed E-state index contributed by atoms with van der Waals surface area (Å²) in [7, 11) is 0. The highest BCUT2D eigenvalue weighted by atomic mass is 35.5. The predicted molar refractivity (Wildman–Crippen MR) is 88.9 cm³/mol. The molecule has 0 aliphatic carbocycles. The first-order valence-corrected chi connectivity index (χ1v) is 8.09. The van der Waals surface area contributed by atoms with Crippen LogP contribution in [0.3, 0.4) is 0 Å². The summed E-state index contributed by atoms with van der Waals surface area (Å²) in [6.07, 6.45) is 1.37. The van der Waals surface area contributed by atoms with Crippen LogP contribution in [-0.4, -0.2) is 9.97 Å². The topological polar surface area (TPSA) is 45.8 Å². The maximum absolute atomic E-state index is 12.1. The zero-order valence-electron chi connectivity index (χ0n) is 11.2. The van der Waals surface area contributed by atoms with Crippen LogP contribution in [-0.2, 0) is 12.8 Å². The number of halogens is 2. The molecule has 0 saturated heterocycles. The highest BCUT2D eigenvalue weighted by Gasteiger charge is 2.10. The van der Waals surface area contributed by atoms with Gasteiger partial charge in [-0.05, 0) is 30.2 Å². The quantitative estimate of drug-likeness (QED) is 0.766. The molecule has 2 aromatic heterocycles. The standard InChI is InChI=1S/C15H12Cl2N2OS/c1-2-10-7-11-14(20)18-13(19-15(11)21-10)5-8-3-4-9(16)6-12(8)17/h3-4,6-7H,2,5H2,1H3,(H,18,19,20). The van der Waals surface area contributed by atoms with Gasteiger partial charge in [0.2, 0.25) is 0 Å². The Morgan fingerprint density at radius 3 is 2.81 bits per heavy atom. The first-order chi connectivity index (χ1) is 10.1. The number of aromatic nitrogens is 2. The van der Waals surface area contributed by atoms with E-state index in [0.717, 1.165) is 21.7 Å². The first kappa shape index (κ1) is 14.6.